The molecule has 1 aromatic heterocycles. The van der Waals surface area contributed by atoms with Gasteiger partial charge in [-0.2, -0.15) is 0 Å². The lowest BCUT2D eigenvalue weighted by molar-refractivity contribution is 0.0913. The quantitative estimate of drug-likeness (QED) is 0.820. The van der Waals surface area contributed by atoms with Crippen molar-refractivity contribution in [3.63, 3.8) is 0 Å². The van der Waals surface area contributed by atoms with Crippen LogP contribution in [0.1, 0.15) is 36.3 Å². The zero-order valence-electron chi connectivity index (χ0n) is 9.91. The second kappa shape index (κ2) is 5.69. The number of ether oxygens (including phenoxy) is 1. The standard InChI is InChI=1S/C12H17BrN2O2/c1-2-17-6-5-14-12(16)11-7-9(13)8-15(11)10-3-4-10/h7-8,10H,2-6H2,1H3,(H,14,16). The number of hydrogen-bond acceptors (Lipinski definition) is 2. The van der Waals surface area contributed by atoms with Crippen LogP contribution in [-0.4, -0.2) is 30.2 Å². The van der Waals surface area contributed by atoms with Crippen LogP contribution in [0.5, 0.6) is 0 Å². The van der Waals surface area contributed by atoms with Gasteiger partial charge in [-0.3, -0.25) is 4.79 Å². The molecule has 0 saturated heterocycles. The van der Waals surface area contributed by atoms with Gasteiger partial charge in [0.1, 0.15) is 5.69 Å². The molecule has 1 N–H and O–H groups in total. The second-order valence-corrected chi connectivity index (χ2v) is 5.05. The molecule has 1 aliphatic rings. The van der Waals surface area contributed by atoms with Crippen molar-refractivity contribution in [2.24, 2.45) is 0 Å². The third-order valence-corrected chi connectivity index (χ3v) is 3.16. The van der Waals surface area contributed by atoms with Gasteiger partial charge in [0.25, 0.3) is 5.91 Å². The SMILES string of the molecule is CCOCCNC(=O)c1cc(Br)cn1C1CC1. The van der Waals surface area contributed by atoms with Crippen LogP contribution in [0.3, 0.4) is 0 Å². The van der Waals surface area contributed by atoms with E-state index in [9.17, 15) is 4.79 Å². The maximum absolute atomic E-state index is 12.0. The maximum Gasteiger partial charge on any atom is 0.268 e. The van der Waals surface area contributed by atoms with Gasteiger partial charge in [-0.25, -0.2) is 0 Å². The Morgan fingerprint density at radius 3 is 3.06 bits per heavy atom. The molecule has 0 radical (unpaired) electrons. The number of aromatic nitrogens is 1. The van der Waals surface area contributed by atoms with E-state index in [-0.39, 0.29) is 5.91 Å². The van der Waals surface area contributed by atoms with Gasteiger partial charge in [0.05, 0.1) is 6.61 Å². The van der Waals surface area contributed by atoms with E-state index >= 15 is 0 Å². The van der Waals surface area contributed by atoms with E-state index in [2.05, 4.69) is 25.8 Å². The summed E-state index contributed by atoms with van der Waals surface area (Å²) in [4.78, 5) is 12.0. The first-order chi connectivity index (χ1) is 8.22. The van der Waals surface area contributed by atoms with Gasteiger partial charge < -0.3 is 14.6 Å². The summed E-state index contributed by atoms with van der Waals surface area (Å²) < 4.78 is 8.20. The zero-order valence-corrected chi connectivity index (χ0v) is 11.5. The van der Waals surface area contributed by atoms with Crippen molar-refractivity contribution < 1.29 is 9.53 Å². The summed E-state index contributed by atoms with van der Waals surface area (Å²) in [7, 11) is 0. The molecule has 0 aromatic carbocycles. The fraction of sp³-hybridized carbons (Fsp3) is 0.583. The predicted molar refractivity (Wildman–Crippen MR) is 69.2 cm³/mol. The summed E-state index contributed by atoms with van der Waals surface area (Å²) in [5.41, 5.74) is 0.732. The lowest BCUT2D eigenvalue weighted by Crippen LogP contribution is -2.29. The molecule has 0 unspecified atom stereocenters. The van der Waals surface area contributed by atoms with E-state index < -0.39 is 0 Å². The summed E-state index contributed by atoms with van der Waals surface area (Å²) in [5.74, 6) is -0.0256. The van der Waals surface area contributed by atoms with E-state index in [4.69, 9.17) is 4.74 Å². The highest BCUT2D eigenvalue weighted by molar-refractivity contribution is 9.10. The highest BCUT2D eigenvalue weighted by Gasteiger charge is 2.27. The minimum absolute atomic E-state index is 0.0256. The monoisotopic (exact) mass is 300 g/mol. The molecular formula is C12H17BrN2O2. The van der Waals surface area contributed by atoms with E-state index in [1.165, 1.54) is 12.8 Å². The highest BCUT2D eigenvalue weighted by Crippen LogP contribution is 2.37. The number of nitrogens with zero attached hydrogens (tertiary/aromatic N) is 1. The molecule has 1 aliphatic carbocycles. The minimum Gasteiger partial charge on any atom is -0.380 e. The first kappa shape index (κ1) is 12.6. The predicted octanol–water partition coefficient (Wildman–Crippen LogP) is 2.35. The average molecular weight is 301 g/mol. The van der Waals surface area contributed by atoms with Crippen LogP contribution in [0.2, 0.25) is 0 Å². The van der Waals surface area contributed by atoms with Crippen LogP contribution in [0.25, 0.3) is 0 Å². The molecule has 1 fully saturated rings. The van der Waals surface area contributed by atoms with Gasteiger partial charge in [-0.1, -0.05) is 0 Å². The molecule has 0 spiro atoms. The number of hydrogen-bond donors (Lipinski definition) is 1. The van der Waals surface area contributed by atoms with E-state index in [1.54, 1.807) is 0 Å². The fourth-order valence-corrected chi connectivity index (χ4v) is 2.19. The molecule has 4 nitrogen and oxygen atoms in total. The molecular weight excluding hydrogens is 284 g/mol. The Morgan fingerprint density at radius 1 is 1.65 bits per heavy atom. The Bertz CT molecular complexity index is 399. The Hall–Kier alpha value is -0.810. The number of halogens is 1. The minimum atomic E-state index is -0.0256. The fourth-order valence-electron chi connectivity index (χ4n) is 1.75. The van der Waals surface area contributed by atoms with Gasteiger partial charge in [0.15, 0.2) is 0 Å². The molecule has 1 aromatic rings. The Balaban J connectivity index is 1.93. The Kier molecular flexibility index (Phi) is 4.23. The van der Waals surface area contributed by atoms with Crippen LogP contribution >= 0.6 is 15.9 Å². The first-order valence-corrected chi connectivity index (χ1v) is 6.75. The molecule has 0 aliphatic heterocycles. The van der Waals surface area contributed by atoms with Crippen molar-refractivity contribution in [2.75, 3.05) is 19.8 Å². The Morgan fingerprint density at radius 2 is 2.41 bits per heavy atom. The summed E-state index contributed by atoms with van der Waals surface area (Å²) in [5, 5.41) is 2.86. The average Bonchev–Trinajstić information content (AvgIpc) is 3.08. The van der Waals surface area contributed by atoms with Gasteiger partial charge in [-0.05, 0) is 41.8 Å². The number of carbonyl (C=O) groups is 1. The van der Waals surface area contributed by atoms with Crippen molar-refractivity contribution in [2.45, 2.75) is 25.8 Å². The van der Waals surface area contributed by atoms with E-state index in [0.29, 0.717) is 25.8 Å². The van der Waals surface area contributed by atoms with E-state index in [0.717, 1.165) is 10.2 Å². The number of rotatable bonds is 6. The third-order valence-electron chi connectivity index (χ3n) is 2.72. The normalized spacial score (nSPS) is 14.9. The smallest absolute Gasteiger partial charge is 0.268 e. The summed E-state index contributed by atoms with van der Waals surface area (Å²) in [6.45, 7) is 3.74. The van der Waals surface area contributed by atoms with E-state index in [1.807, 2.05) is 19.2 Å². The summed E-state index contributed by atoms with van der Waals surface area (Å²) in [6, 6.07) is 2.38. The molecule has 1 saturated carbocycles. The highest BCUT2D eigenvalue weighted by atomic mass is 79.9. The van der Waals surface area contributed by atoms with Crippen molar-refractivity contribution >= 4 is 21.8 Å². The van der Waals surface area contributed by atoms with Crippen LogP contribution < -0.4 is 5.32 Å². The molecule has 94 valence electrons. The van der Waals surface area contributed by atoms with Crippen molar-refractivity contribution in [1.29, 1.82) is 0 Å². The number of carbonyl (C=O) groups excluding carboxylic acids is 1. The Labute approximate surface area is 109 Å². The van der Waals surface area contributed by atoms with Gasteiger partial charge in [-0.15, -0.1) is 0 Å². The number of nitrogens with one attached hydrogen (secondary N) is 1. The molecule has 5 heteroatoms. The zero-order chi connectivity index (χ0) is 12.3. The van der Waals surface area contributed by atoms with Gasteiger partial charge in [0, 0.05) is 29.9 Å². The molecule has 1 heterocycles. The second-order valence-electron chi connectivity index (χ2n) is 4.13. The largest absolute Gasteiger partial charge is 0.380 e. The molecule has 0 atom stereocenters. The molecule has 1 amide bonds. The molecule has 0 bridgehead atoms. The lowest BCUT2D eigenvalue weighted by Gasteiger charge is -2.08. The van der Waals surface area contributed by atoms with Gasteiger partial charge >= 0.3 is 0 Å². The first-order valence-electron chi connectivity index (χ1n) is 5.95. The molecule has 17 heavy (non-hydrogen) atoms. The third kappa shape index (κ3) is 3.33. The van der Waals surface area contributed by atoms with Crippen molar-refractivity contribution in [1.82, 2.24) is 9.88 Å². The van der Waals surface area contributed by atoms with Crippen LogP contribution in [-0.2, 0) is 4.74 Å². The van der Waals surface area contributed by atoms with Crippen LogP contribution in [0.4, 0.5) is 0 Å². The lowest BCUT2D eigenvalue weighted by atomic mass is 10.4. The maximum atomic E-state index is 12.0. The van der Waals surface area contributed by atoms with Crippen molar-refractivity contribution in [3.8, 4) is 0 Å². The van der Waals surface area contributed by atoms with Crippen molar-refractivity contribution in [3.05, 3.63) is 22.4 Å². The topological polar surface area (TPSA) is 43.3 Å². The van der Waals surface area contributed by atoms with Crippen LogP contribution in [0, 0.1) is 0 Å². The van der Waals surface area contributed by atoms with Gasteiger partial charge in [0.2, 0.25) is 0 Å². The molecule has 2 rings (SSSR count). The van der Waals surface area contributed by atoms with Crippen LogP contribution in [0.15, 0.2) is 16.7 Å². The number of amides is 1. The summed E-state index contributed by atoms with van der Waals surface area (Å²) in [6.07, 6.45) is 4.32. The summed E-state index contributed by atoms with van der Waals surface area (Å²) >= 11 is 3.41.